The van der Waals surface area contributed by atoms with Crippen LogP contribution in [0.1, 0.15) is 27.2 Å². The molecule has 0 atom stereocenters. The molecule has 0 aliphatic rings. The Hall–Kier alpha value is -1.77. The number of rotatable bonds is 3. The van der Waals surface area contributed by atoms with Crippen molar-refractivity contribution in [1.82, 2.24) is 4.98 Å². The molecule has 2 aromatic rings. The van der Waals surface area contributed by atoms with Gasteiger partial charge in [-0.25, -0.2) is 0 Å². The van der Waals surface area contributed by atoms with Crippen LogP contribution < -0.4 is 10.5 Å². The van der Waals surface area contributed by atoms with E-state index in [0.29, 0.717) is 6.61 Å². The second kappa shape index (κ2) is 4.84. The Labute approximate surface area is 108 Å². The number of aromatic nitrogens is 1. The molecule has 96 valence electrons. The highest BCUT2D eigenvalue weighted by Gasteiger charge is 2.11. The topological polar surface area (TPSA) is 48.1 Å². The van der Waals surface area contributed by atoms with Crippen molar-refractivity contribution in [1.29, 1.82) is 0 Å². The lowest BCUT2D eigenvalue weighted by molar-refractivity contribution is 0.245. The van der Waals surface area contributed by atoms with Crippen LogP contribution in [-0.4, -0.2) is 11.6 Å². The molecule has 3 nitrogen and oxygen atoms in total. The zero-order valence-electron chi connectivity index (χ0n) is 11.2. The van der Waals surface area contributed by atoms with Crippen LogP contribution in [-0.2, 0) is 0 Å². The van der Waals surface area contributed by atoms with Crippen molar-refractivity contribution in [3.63, 3.8) is 0 Å². The molecule has 0 fully saturated rings. The fourth-order valence-electron chi connectivity index (χ4n) is 1.78. The maximum absolute atomic E-state index is 5.94. The monoisotopic (exact) mass is 244 g/mol. The summed E-state index contributed by atoms with van der Waals surface area (Å²) >= 11 is 0. The zero-order valence-corrected chi connectivity index (χ0v) is 11.2. The van der Waals surface area contributed by atoms with E-state index in [-0.39, 0.29) is 5.41 Å². The summed E-state index contributed by atoms with van der Waals surface area (Å²) in [6, 6.07) is 5.72. The molecule has 1 heterocycles. The van der Waals surface area contributed by atoms with Crippen molar-refractivity contribution in [3.8, 4) is 5.75 Å². The molecule has 2 rings (SSSR count). The first kappa shape index (κ1) is 12.7. The smallest absolute Gasteiger partial charge is 0.128 e. The van der Waals surface area contributed by atoms with E-state index in [4.69, 9.17) is 10.5 Å². The Kier molecular flexibility index (Phi) is 3.41. The summed E-state index contributed by atoms with van der Waals surface area (Å²) in [5.74, 6) is 0.858. The standard InChI is InChI=1S/C15H20N2O/c1-15(2,3)7-9-18-14-5-4-13(16)11-6-8-17-10-12(11)14/h4-6,8,10H,7,9,16H2,1-3H3. The number of hydrogen-bond acceptors (Lipinski definition) is 3. The minimum atomic E-state index is 0.280. The van der Waals surface area contributed by atoms with Crippen LogP contribution in [0.3, 0.4) is 0 Å². The Morgan fingerprint density at radius 2 is 1.94 bits per heavy atom. The largest absolute Gasteiger partial charge is 0.493 e. The average Bonchev–Trinajstić information content (AvgIpc) is 2.31. The van der Waals surface area contributed by atoms with E-state index in [9.17, 15) is 0 Å². The summed E-state index contributed by atoms with van der Waals surface area (Å²) in [7, 11) is 0. The van der Waals surface area contributed by atoms with Gasteiger partial charge in [0.1, 0.15) is 5.75 Å². The van der Waals surface area contributed by atoms with Crippen LogP contribution in [0, 0.1) is 5.41 Å². The van der Waals surface area contributed by atoms with Crippen molar-refractivity contribution in [2.75, 3.05) is 12.3 Å². The molecule has 1 aromatic heterocycles. The van der Waals surface area contributed by atoms with Gasteiger partial charge in [-0.1, -0.05) is 20.8 Å². The Morgan fingerprint density at radius 1 is 1.17 bits per heavy atom. The molecule has 0 radical (unpaired) electrons. The maximum atomic E-state index is 5.94. The van der Waals surface area contributed by atoms with Gasteiger partial charge in [0.2, 0.25) is 0 Å². The number of nitrogens with zero attached hydrogens (tertiary/aromatic N) is 1. The minimum Gasteiger partial charge on any atom is -0.493 e. The van der Waals surface area contributed by atoms with Gasteiger partial charge in [-0.05, 0) is 30.0 Å². The van der Waals surface area contributed by atoms with E-state index in [1.54, 1.807) is 12.4 Å². The lowest BCUT2D eigenvalue weighted by Gasteiger charge is -2.18. The van der Waals surface area contributed by atoms with E-state index >= 15 is 0 Å². The molecule has 0 aliphatic heterocycles. The summed E-state index contributed by atoms with van der Waals surface area (Å²) in [5, 5.41) is 1.98. The first-order valence-corrected chi connectivity index (χ1v) is 6.22. The highest BCUT2D eigenvalue weighted by molar-refractivity contribution is 5.96. The number of anilines is 1. The second-order valence-corrected chi connectivity index (χ2v) is 5.73. The number of fused-ring (bicyclic) bond motifs is 1. The number of hydrogen-bond donors (Lipinski definition) is 1. The third-order valence-corrected chi connectivity index (χ3v) is 2.92. The molecule has 18 heavy (non-hydrogen) atoms. The van der Waals surface area contributed by atoms with Crippen LogP contribution in [0.4, 0.5) is 5.69 Å². The Bertz CT molecular complexity index is 544. The van der Waals surface area contributed by atoms with Gasteiger partial charge in [0.25, 0.3) is 0 Å². The number of nitrogens with two attached hydrogens (primary N) is 1. The van der Waals surface area contributed by atoms with Gasteiger partial charge in [0.05, 0.1) is 6.61 Å². The molecule has 0 amide bonds. The summed E-state index contributed by atoms with van der Waals surface area (Å²) in [6.45, 7) is 7.33. The lowest BCUT2D eigenvalue weighted by atomic mass is 9.93. The first-order chi connectivity index (χ1) is 8.47. The van der Waals surface area contributed by atoms with Gasteiger partial charge >= 0.3 is 0 Å². The molecule has 2 N–H and O–H groups in total. The van der Waals surface area contributed by atoms with Crippen molar-refractivity contribution >= 4 is 16.5 Å². The van der Waals surface area contributed by atoms with Gasteiger partial charge in [-0.15, -0.1) is 0 Å². The van der Waals surface area contributed by atoms with E-state index < -0.39 is 0 Å². The molecule has 3 heteroatoms. The van der Waals surface area contributed by atoms with E-state index in [1.165, 1.54) is 0 Å². The highest BCUT2D eigenvalue weighted by atomic mass is 16.5. The van der Waals surface area contributed by atoms with Crippen LogP contribution in [0.15, 0.2) is 30.6 Å². The minimum absolute atomic E-state index is 0.280. The fraction of sp³-hybridized carbons (Fsp3) is 0.400. The predicted molar refractivity (Wildman–Crippen MR) is 75.7 cm³/mol. The first-order valence-electron chi connectivity index (χ1n) is 6.22. The molecule has 0 spiro atoms. The third kappa shape index (κ3) is 2.92. The molecule has 0 bridgehead atoms. The molecular weight excluding hydrogens is 224 g/mol. The second-order valence-electron chi connectivity index (χ2n) is 5.73. The molecule has 0 saturated carbocycles. The number of benzene rings is 1. The quantitative estimate of drug-likeness (QED) is 0.839. The fourth-order valence-corrected chi connectivity index (χ4v) is 1.78. The van der Waals surface area contributed by atoms with Crippen LogP contribution in [0.2, 0.25) is 0 Å². The predicted octanol–water partition coefficient (Wildman–Crippen LogP) is 3.63. The van der Waals surface area contributed by atoms with Gasteiger partial charge in [0.15, 0.2) is 0 Å². The summed E-state index contributed by atoms with van der Waals surface area (Å²) in [4.78, 5) is 4.14. The third-order valence-electron chi connectivity index (χ3n) is 2.92. The number of pyridine rings is 1. The van der Waals surface area contributed by atoms with Crippen molar-refractivity contribution < 1.29 is 4.74 Å². The van der Waals surface area contributed by atoms with E-state index in [0.717, 1.165) is 28.6 Å². The molecule has 1 aromatic carbocycles. The lowest BCUT2D eigenvalue weighted by Crippen LogP contribution is -2.11. The van der Waals surface area contributed by atoms with Gasteiger partial charge in [-0.2, -0.15) is 0 Å². The molecule has 0 aliphatic carbocycles. The Balaban J connectivity index is 2.21. The van der Waals surface area contributed by atoms with Crippen LogP contribution in [0.25, 0.3) is 10.8 Å². The van der Waals surface area contributed by atoms with E-state index in [2.05, 4.69) is 25.8 Å². The van der Waals surface area contributed by atoms with Crippen molar-refractivity contribution in [2.24, 2.45) is 5.41 Å². The normalized spacial score (nSPS) is 11.7. The maximum Gasteiger partial charge on any atom is 0.128 e. The van der Waals surface area contributed by atoms with Crippen LogP contribution >= 0.6 is 0 Å². The molecular formula is C15H20N2O. The average molecular weight is 244 g/mol. The van der Waals surface area contributed by atoms with E-state index in [1.807, 2.05) is 18.2 Å². The van der Waals surface area contributed by atoms with Crippen LogP contribution in [0.5, 0.6) is 5.75 Å². The number of nitrogen functional groups attached to an aromatic ring is 1. The molecule has 0 unspecified atom stereocenters. The Morgan fingerprint density at radius 3 is 2.67 bits per heavy atom. The van der Waals surface area contributed by atoms with Gasteiger partial charge in [0, 0.05) is 28.9 Å². The van der Waals surface area contributed by atoms with Gasteiger partial charge < -0.3 is 10.5 Å². The van der Waals surface area contributed by atoms with Crippen molar-refractivity contribution in [2.45, 2.75) is 27.2 Å². The van der Waals surface area contributed by atoms with Gasteiger partial charge in [-0.3, -0.25) is 4.98 Å². The van der Waals surface area contributed by atoms with Crippen molar-refractivity contribution in [3.05, 3.63) is 30.6 Å². The SMILES string of the molecule is CC(C)(C)CCOc1ccc(N)c2ccncc12. The summed E-state index contributed by atoms with van der Waals surface area (Å²) < 4.78 is 5.85. The number of ether oxygens (including phenoxy) is 1. The summed E-state index contributed by atoms with van der Waals surface area (Å²) in [6.07, 6.45) is 4.56. The highest BCUT2D eigenvalue weighted by Crippen LogP contribution is 2.29. The zero-order chi connectivity index (χ0) is 13.2. The molecule has 0 saturated heterocycles. The summed E-state index contributed by atoms with van der Waals surface area (Å²) in [5.41, 5.74) is 6.98.